The van der Waals surface area contributed by atoms with Gasteiger partial charge in [0.15, 0.2) is 11.5 Å². The molecule has 0 saturated carbocycles. The molecule has 1 aliphatic rings. The van der Waals surface area contributed by atoms with Gasteiger partial charge in [-0.15, -0.1) is 0 Å². The SMILES string of the molecule is [C-]#[N+]c1cc(C)c(CC(=O)C[N+]2(Cc3ccccc3)CCCCC2)c(C)c1. The molecular weight excluding hydrogens is 332 g/mol. The highest BCUT2D eigenvalue weighted by Crippen LogP contribution is 2.26. The molecule has 2 aromatic carbocycles. The fourth-order valence-electron chi connectivity index (χ4n) is 4.47. The summed E-state index contributed by atoms with van der Waals surface area (Å²) in [7, 11) is 0. The molecule has 0 aliphatic carbocycles. The van der Waals surface area contributed by atoms with Gasteiger partial charge in [0.2, 0.25) is 0 Å². The number of aryl methyl sites for hydroxylation is 2. The van der Waals surface area contributed by atoms with E-state index in [1.54, 1.807) is 0 Å². The predicted molar refractivity (Wildman–Crippen MR) is 110 cm³/mol. The minimum Gasteiger partial charge on any atom is -0.314 e. The molecule has 3 nitrogen and oxygen atoms in total. The van der Waals surface area contributed by atoms with Gasteiger partial charge in [0, 0.05) is 12.0 Å². The molecule has 1 aliphatic heterocycles. The Morgan fingerprint density at radius 3 is 2.26 bits per heavy atom. The molecule has 1 fully saturated rings. The molecule has 1 heterocycles. The molecule has 0 spiro atoms. The summed E-state index contributed by atoms with van der Waals surface area (Å²) in [6.45, 7) is 15.0. The maximum atomic E-state index is 13.1. The first kappa shape index (κ1) is 19.3. The van der Waals surface area contributed by atoms with Crippen molar-refractivity contribution in [2.24, 2.45) is 0 Å². The number of carbonyl (C=O) groups excluding carboxylic acids is 1. The van der Waals surface area contributed by atoms with Crippen molar-refractivity contribution in [3.8, 4) is 0 Å². The van der Waals surface area contributed by atoms with Crippen LogP contribution in [0.4, 0.5) is 5.69 Å². The van der Waals surface area contributed by atoms with Crippen LogP contribution in [-0.4, -0.2) is 29.9 Å². The third kappa shape index (κ3) is 4.84. The zero-order chi connectivity index (χ0) is 19.3. The highest BCUT2D eigenvalue weighted by Gasteiger charge is 2.32. The molecule has 140 valence electrons. The summed E-state index contributed by atoms with van der Waals surface area (Å²) in [5.74, 6) is 0.314. The van der Waals surface area contributed by atoms with Crippen molar-refractivity contribution in [3.63, 3.8) is 0 Å². The third-order valence-corrected chi connectivity index (χ3v) is 5.82. The first-order valence-electron chi connectivity index (χ1n) is 9.90. The van der Waals surface area contributed by atoms with E-state index in [4.69, 9.17) is 6.57 Å². The number of piperidine rings is 1. The number of benzene rings is 2. The van der Waals surface area contributed by atoms with Crippen molar-refractivity contribution >= 4 is 11.5 Å². The average molecular weight is 362 g/mol. The fourth-order valence-corrected chi connectivity index (χ4v) is 4.47. The van der Waals surface area contributed by atoms with E-state index < -0.39 is 0 Å². The Morgan fingerprint density at radius 2 is 1.67 bits per heavy atom. The zero-order valence-electron chi connectivity index (χ0n) is 16.5. The summed E-state index contributed by atoms with van der Waals surface area (Å²) in [5, 5.41) is 0. The van der Waals surface area contributed by atoms with Crippen molar-refractivity contribution < 1.29 is 9.28 Å². The standard InChI is InChI=1S/C24H29N2O/c1-19-14-22(25-3)15-20(2)24(19)16-23(27)18-26(12-8-5-9-13-26)17-21-10-6-4-7-11-21/h4,6-7,10-11,14-15H,5,8-9,12-13,16-18H2,1-2H3/q+1. The molecule has 3 rings (SSSR count). The number of quaternary nitrogens is 1. The highest BCUT2D eigenvalue weighted by atomic mass is 16.1. The Morgan fingerprint density at radius 1 is 1.04 bits per heavy atom. The summed E-state index contributed by atoms with van der Waals surface area (Å²) in [5.41, 5.74) is 5.19. The lowest BCUT2D eigenvalue weighted by atomic mass is 9.96. The summed E-state index contributed by atoms with van der Waals surface area (Å²) in [6, 6.07) is 14.4. The van der Waals surface area contributed by atoms with E-state index >= 15 is 0 Å². The number of likely N-dealkylation sites (tertiary alicyclic amines) is 1. The zero-order valence-corrected chi connectivity index (χ0v) is 16.5. The predicted octanol–water partition coefficient (Wildman–Crippen LogP) is 5.17. The van der Waals surface area contributed by atoms with Gasteiger partial charge in [0.25, 0.3) is 0 Å². The first-order chi connectivity index (χ1) is 13.0. The molecule has 0 aromatic heterocycles. The monoisotopic (exact) mass is 361 g/mol. The minimum absolute atomic E-state index is 0.314. The minimum atomic E-state index is 0.314. The Kier molecular flexibility index (Phi) is 6.08. The van der Waals surface area contributed by atoms with Crippen molar-refractivity contribution in [2.75, 3.05) is 19.6 Å². The van der Waals surface area contributed by atoms with Crippen LogP contribution < -0.4 is 0 Å². The molecule has 0 N–H and O–H groups in total. The molecular formula is C24H29N2O+. The lowest BCUT2D eigenvalue weighted by molar-refractivity contribution is -0.937. The number of carbonyl (C=O) groups is 1. The summed E-state index contributed by atoms with van der Waals surface area (Å²) in [6.07, 6.45) is 4.17. The molecule has 0 unspecified atom stereocenters. The quantitative estimate of drug-likeness (QED) is 0.514. The number of nitrogens with zero attached hydrogens (tertiary/aromatic N) is 2. The second kappa shape index (κ2) is 8.50. The fraction of sp³-hybridized carbons (Fsp3) is 0.417. The maximum absolute atomic E-state index is 13.1. The van der Waals surface area contributed by atoms with Gasteiger partial charge < -0.3 is 4.48 Å². The van der Waals surface area contributed by atoms with Crippen LogP contribution in [0.5, 0.6) is 0 Å². The molecule has 0 amide bonds. The van der Waals surface area contributed by atoms with E-state index in [1.165, 1.54) is 24.8 Å². The molecule has 3 heteroatoms. The van der Waals surface area contributed by atoms with Crippen LogP contribution in [0.25, 0.3) is 4.85 Å². The van der Waals surface area contributed by atoms with Crippen LogP contribution in [0.3, 0.4) is 0 Å². The van der Waals surface area contributed by atoms with Crippen LogP contribution in [0.15, 0.2) is 42.5 Å². The van der Waals surface area contributed by atoms with Crippen LogP contribution >= 0.6 is 0 Å². The highest BCUT2D eigenvalue weighted by molar-refractivity contribution is 5.83. The maximum Gasteiger partial charge on any atom is 0.191 e. The van der Waals surface area contributed by atoms with Gasteiger partial charge >= 0.3 is 0 Å². The number of rotatable bonds is 6. The van der Waals surface area contributed by atoms with Crippen LogP contribution in [0.2, 0.25) is 0 Å². The van der Waals surface area contributed by atoms with E-state index in [-0.39, 0.29) is 0 Å². The van der Waals surface area contributed by atoms with E-state index in [2.05, 4.69) is 29.1 Å². The van der Waals surface area contributed by atoms with Crippen molar-refractivity contribution in [1.82, 2.24) is 0 Å². The van der Waals surface area contributed by atoms with Gasteiger partial charge in [-0.3, -0.25) is 4.79 Å². The van der Waals surface area contributed by atoms with E-state index in [9.17, 15) is 4.79 Å². The number of hydrogen-bond acceptors (Lipinski definition) is 1. The Labute approximate surface area is 163 Å². The lowest BCUT2D eigenvalue weighted by Crippen LogP contribution is -2.53. The smallest absolute Gasteiger partial charge is 0.191 e. The largest absolute Gasteiger partial charge is 0.314 e. The number of hydrogen-bond donors (Lipinski definition) is 0. The normalized spacial score (nSPS) is 15.9. The van der Waals surface area contributed by atoms with Crippen molar-refractivity contribution in [3.05, 3.63) is 76.1 Å². The second-order valence-corrected chi connectivity index (χ2v) is 8.04. The van der Waals surface area contributed by atoms with Gasteiger partial charge in [0.05, 0.1) is 19.7 Å². The van der Waals surface area contributed by atoms with E-state index in [1.807, 2.05) is 32.0 Å². The topological polar surface area (TPSA) is 21.4 Å². The second-order valence-electron chi connectivity index (χ2n) is 8.04. The molecule has 0 bridgehead atoms. The average Bonchev–Trinajstić information content (AvgIpc) is 2.66. The molecule has 27 heavy (non-hydrogen) atoms. The third-order valence-electron chi connectivity index (χ3n) is 5.82. The Hall–Kier alpha value is -2.44. The number of Topliss-reactive ketones (excluding diaryl/α,β-unsaturated/α-hetero) is 1. The van der Waals surface area contributed by atoms with Crippen LogP contribution in [0.1, 0.15) is 41.5 Å². The van der Waals surface area contributed by atoms with Gasteiger partial charge in [-0.1, -0.05) is 53.6 Å². The summed E-state index contributed by atoms with van der Waals surface area (Å²) >= 11 is 0. The van der Waals surface area contributed by atoms with Gasteiger partial charge in [-0.05, 0) is 38.7 Å². The molecule has 0 atom stereocenters. The van der Waals surface area contributed by atoms with Gasteiger partial charge in [0.1, 0.15) is 13.1 Å². The van der Waals surface area contributed by atoms with Gasteiger partial charge in [-0.25, -0.2) is 4.85 Å². The van der Waals surface area contributed by atoms with E-state index in [0.717, 1.165) is 40.8 Å². The first-order valence-corrected chi connectivity index (χ1v) is 9.90. The van der Waals surface area contributed by atoms with Crippen LogP contribution in [-0.2, 0) is 17.8 Å². The number of ketones is 1. The van der Waals surface area contributed by atoms with Crippen LogP contribution in [0, 0.1) is 20.4 Å². The molecule has 0 radical (unpaired) electrons. The molecule has 2 aromatic rings. The summed E-state index contributed by atoms with van der Waals surface area (Å²) in [4.78, 5) is 16.6. The Balaban J connectivity index is 1.76. The van der Waals surface area contributed by atoms with Gasteiger partial charge in [-0.2, -0.15) is 0 Å². The Bertz CT molecular complexity index is 819. The van der Waals surface area contributed by atoms with Crippen molar-refractivity contribution in [1.29, 1.82) is 0 Å². The van der Waals surface area contributed by atoms with Crippen molar-refractivity contribution in [2.45, 2.75) is 46.1 Å². The summed E-state index contributed by atoms with van der Waals surface area (Å²) < 4.78 is 0.890. The van der Waals surface area contributed by atoms with E-state index in [0.29, 0.717) is 24.4 Å². The molecule has 1 saturated heterocycles. The lowest BCUT2D eigenvalue weighted by Gasteiger charge is -2.41.